The van der Waals surface area contributed by atoms with Crippen LogP contribution in [0.1, 0.15) is 63.4 Å². The summed E-state index contributed by atoms with van der Waals surface area (Å²) in [4.78, 5) is 12.2. The van der Waals surface area contributed by atoms with Crippen LogP contribution in [0.25, 0.3) is 0 Å². The van der Waals surface area contributed by atoms with Gasteiger partial charge in [-0.3, -0.25) is 0 Å². The number of carbonyl (C=O) groups is 1. The molecule has 1 heterocycles. The first kappa shape index (κ1) is 23.5. The van der Waals surface area contributed by atoms with Crippen molar-refractivity contribution >= 4 is 18.6 Å². The standard InChI is InChI=1S/C20H28BF3O5/c1-7-26-17(25)14-11-13(2)16(21-28-18(3,4)19(5,6)29-21)15(12-14)27-10-8-9-20(22,23)24/h11-12H,7-10H2,1-6H3. The van der Waals surface area contributed by atoms with Crippen LogP contribution in [0.4, 0.5) is 13.2 Å². The Morgan fingerprint density at radius 1 is 1.14 bits per heavy atom. The second-order valence-corrected chi connectivity index (χ2v) is 8.08. The van der Waals surface area contributed by atoms with Crippen LogP contribution in [0.2, 0.25) is 0 Å². The van der Waals surface area contributed by atoms with Gasteiger partial charge in [0, 0.05) is 11.9 Å². The van der Waals surface area contributed by atoms with Crippen LogP contribution in [0, 0.1) is 6.92 Å². The summed E-state index contributed by atoms with van der Waals surface area (Å²) in [5.41, 5.74) is 0.286. The highest BCUT2D eigenvalue weighted by molar-refractivity contribution is 6.63. The lowest BCUT2D eigenvalue weighted by molar-refractivity contribution is -0.136. The second-order valence-electron chi connectivity index (χ2n) is 8.08. The van der Waals surface area contributed by atoms with Gasteiger partial charge >= 0.3 is 19.3 Å². The van der Waals surface area contributed by atoms with Crippen molar-refractivity contribution in [3.8, 4) is 5.75 Å². The molecular formula is C20H28BF3O5. The van der Waals surface area contributed by atoms with Gasteiger partial charge in [0.15, 0.2) is 0 Å². The van der Waals surface area contributed by atoms with Crippen molar-refractivity contribution in [1.82, 2.24) is 0 Å². The van der Waals surface area contributed by atoms with Gasteiger partial charge in [-0.15, -0.1) is 0 Å². The van der Waals surface area contributed by atoms with E-state index in [2.05, 4.69) is 0 Å². The van der Waals surface area contributed by atoms with E-state index >= 15 is 0 Å². The molecule has 0 atom stereocenters. The Hall–Kier alpha value is -1.74. The normalized spacial score (nSPS) is 18.0. The molecule has 1 aliphatic rings. The van der Waals surface area contributed by atoms with Gasteiger partial charge in [0.1, 0.15) is 5.75 Å². The molecule has 1 aliphatic heterocycles. The summed E-state index contributed by atoms with van der Waals surface area (Å²) in [6.45, 7) is 11.1. The Kier molecular flexibility index (Phi) is 6.95. The Morgan fingerprint density at radius 3 is 2.24 bits per heavy atom. The third kappa shape index (κ3) is 5.66. The minimum Gasteiger partial charge on any atom is -0.494 e. The van der Waals surface area contributed by atoms with E-state index in [1.807, 2.05) is 27.7 Å². The lowest BCUT2D eigenvalue weighted by Gasteiger charge is -2.32. The van der Waals surface area contributed by atoms with Crippen LogP contribution in [0.5, 0.6) is 5.75 Å². The SMILES string of the molecule is CCOC(=O)c1cc(C)c(B2OC(C)(C)C(C)(C)O2)c(OCCCC(F)(F)F)c1. The first-order valence-electron chi connectivity index (χ1n) is 9.64. The molecule has 162 valence electrons. The molecule has 2 rings (SSSR count). The van der Waals surface area contributed by atoms with E-state index < -0.39 is 36.9 Å². The molecular weight excluding hydrogens is 388 g/mol. The zero-order valence-corrected chi connectivity index (χ0v) is 17.7. The molecule has 0 aromatic heterocycles. The quantitative estimate of drug-likeness (QED) is 0.379. The summed E-state index contributed by atoms with van der Waals surface area (Å²) < 4.78 is 60.2. The molecule has 9 heteroatoms. The van der Waals surface area contributed by atoms with E-state index in [9.17, 15) is 18.0 Å². The van der Waals surface area contributed by atoms with Gasteiger partial charge in [-0.1, -0.05) is 0 Å². The maximum absolute atomic E-state index is 12.4. The van der Waals surface area contributed by atoms with E-state index in [0.29, 0.717) is 11.0 Å². The summed E-state index contributed by atoms with van der Waals surface area (Å²) in [6, 6.07) is 3.11. The smallest absolute Gasteiger partial charge is 0.494 e. The summed E-state index contributed by atoms with van der Waals surface area (Å²) in [6.07, 6.45) is -5.40. The second kappa shape index (κ2) is 8.56. The average molecular weight is 416 g/mol. The third-order valence-corrected chi connectivity index (χ3v) is 5.21. The fourth-order valence-electron chi connectivity index (χ4n) is 2.94. The number of alkyl halides is 3. The van der Waals surface area contributed by atoms with Crippen molar-refractivity contribution in [3.05, 3.63) is 23.3 Å². The topological polar surface area (TPSA) is 54.0 Å². The molecule has 0 amide bonds. The number of hydrogen-bond donors (Lipinski definition) is 0. The number of carbonyl (C=O) groups excluding carboxylic acids is 1. The van der Waals surface area contributed by atoms with Gasteiger partial charge in [-0.25, -0.2) is 4.79 Å². The van der Waals surface area contributed by atoms with E-state index in [-0.39, 0.29) is 30.9 Å². The van der Waals surface area contributed by atoms with Crippen molar-refractivity contribution in [2.24, 2.45) is 0 Å². The van der Waals surface area contributed by atoms with Gasteiger partial charge in [-0.05, 0) is 65.7 Å². The Balaban J connectivity index is 2.34. The molecule has 1 saturated heterocycles. The van der Waals surface area contributed by atoms with Crippen LogP contribution in [0.15, 0.2) is 12.1 Å². The summed E-state index contributed by atoms with van der Waals surface area (Å²) >= 11 is 0. The maximum Gasteiger partial charge on any atom is 0.498 e. The highest BCUT2D eigenvalue weighted by Gasteiger charge is 2.53. The van der Waals surface area contributed by atoms with Gasteiger partial charge < -0.3 is 18.8 Å². The fraction of sp³-hybridized carbons (Fsp3) is 0.650. The third-order valence-electron chi connectivity index (χ3n) is 5.21. The van der Waals surface area contributed by atoms with Crippen LogP contribution < -0.4 is 10.2 Å². The molecule has 0 bridgehead atoms. The van der Waals surface area contributed by atoms with Gasteiger partial charge in [0.2, 0.25) is 0 Å². The molecule has 0 unspecified atom stereocenters. The first-order chi connectivity index (χ1) is 13.3. The summed E-state index contributed by atoms with van der Waals surface area (Å²) in [7, 11) is -0.770. The van der Waals surface area contributed by atoms with Gasteiger partial charge in [0.25, 0.3) is 0 Å². The fourth-order valence-corrected chi connectivity index (χ4v) is 2.94. The predicted molar refractivity (Wildman–Crippen MR) is 104 cm³/mol. The molecule has 29 heavy (non-hydrogen) atoms. The molecule has 0 aliphatic carbocycles. The molecule has 1 aromatic rings. The van der Waals surface area contributed by atoms with Crippen molar-refractivity contribution in [1.29, 1.82) is 0 Å². The largest absolute Gasteiger partial charge is 0.498 e. The lowest BCUT2D eigenvalue weighted by Crippen LogP contribution is -2.41. The van der Waals surface area contributed by atoms with Crippen LogP contribution in [-0.2, 0) is 14.0 Å². The maximum atomic E-state index is 12.4. The Bertz CT molecular complexity index is 730. The number of ether oxygens (including phenoxy) is 2. The van der Waals surface area contributed by atoms with E-state index in [1.54, 1.807) is 19.9 Å². The summed E-state index contributed by atoms with van der Waals surface area (Å²) in [5.74, 6) is -0.273. The van der Waals surface area contributed by atoms with Gasteiger partial charge in [0.05, 0.1) is 30.0 Å². The Morgan fingerprint density at radius 2 is 1.72 bits per heavy atom. The van der Waals surface area contributed by atoms with E-state index in [1.165, 1.54) is 6.07 Å². The number of esters is 1. The summed E-state index contributed by atoms with van der Waals surface area (Å²) in [5, 5.41) is 0. The molecule has 1 fully saturated rings. The van der Waals surface area contributed by atoms with Crippen molar-refractivity contribution in [2.75, 3.05) is 13.2 Å². The molecule has 0 saturated carbocycles. The number of halogens is 3. The molecule has 1 aromatic carbocycles. The highest BCUT2D eigenvalue weighted by atomic mass is 19.4. The zero-order chi connectivity index (χ0) is 22.0. The van der Waals surface area contributed by atoms with Crippen molar-refractivity contribution in [2.45, 2.75) is 71.8 Å². The van der Waals surface area contributed by atoms with Crippen molar-refractivity contribution < 1.29 is 36.7 Å². The van der Waals surface area contributed by atoms with Crippen LogP contribution in [0.3, 0.4) is 0 Å². The van der Waals surface area contributed by atoms with Crippen LogP contribution >= 0.6 is 0 Å². The first-order valence-corrected chi connectivity index (χ1v) is 9.64. The number of benzene rings is 1. The number of rotatable bonds is 7. The van der Waals surface area contributed by atoms with Crippen LogP contribution in [-0.4, -0.2) is 43.7 Å². The molecule has 0 radical (unpaired) electrons. The predicted octanol–water partition coefficient (Wildman–Crippen LogP) is 4.19. The van der Waals surface area contributed by atoms with Crippen molar-refractivity contribution in [3.63, 3.8) is 0 Å². The minimum atomic E-state index is -4.25. The van der Waals surface area contributed by atoms with E-state index in [0.717, 1.165) is 0 Å². The highest BCUT2D eigenvalue weighted by Crippen LogP contribution is 2.37. The molecule has 0 spiro atoms. The number of aryl methyl sites for hydroxylation is 1. The average Bonchev–Trinajstić information content (AvgIpc) is 2.77. The van der Waals surface area contributed by atoms with E-state index in [4.69, 9.17) is 18.8 Å². The molecule has 5 nitrogen and oxygen atoms in total. The monoisotopic (exact) mass is 416 g/mol. The zero-order valence-electron chi connectivity index (χ0n) is 17.7. The number of hydrogen-bond acceptors (Lipinski definition) is 5. The Labute approximate surface area is 170 Å². The minimum absolute atomic E-state index is 0.155. The van der Waals surface area contributed by atoms with Gasteiger partial charge in [-0.2, -0.15) is 13.2 Å². The lowest BCUT2D eigenvalue weighted by atomic mass is 9.75. The molecule has 0 N–H and O–H groups in total.